The van der Waals surface area contributed by atoms with Crippen LogP contribution in [0.5, 0.6) is 23.0 Å². The molecule has 1 atom stereocenters. The van der Waals surface area contributed by atoms with E-state index in [0.717, 1.165) is 50.5 Å². The molecular formula is C37H32O4. The zero-order valence-corrected chi connectivity index (χ0v) is 23.9. The van der Waals surface area contributed by atoms with E-state index in [0.29, 0.717) is 0 Å². The van der Waals surface area contributed by atoms with Crippen molar-refractivity contribution in [2.75, 3.05) is 21.3 Å². The molecule has 1 unspecified atom stereocenters. The maximum absolute atomic E-state index is 7.32. The van der Waals surface area contributed by atoms with Crippen LogP contribution in [-0.2, 0) is 11.0 Å². The van der Waals surface area contributed by atoms with Crippen LogP contribution in [-0.4, -0.2) is 21.3 Å². The largest absolute Gasteiger partial charge is 0.497 e. The van der Waals surface area contributed by atoms with E-state index in [1.807, 2.05) is 30.3 Å². The molecule has 4 nitrogen and oxygen atoms in total. The predicted molar refractivity (Wildman–Crippen MR) is 164 cm³/mol. The van der Waals surface area contributed by atoms with E-state index in [-0.39, 0.29) is 5.41 Å². The molecule has 204 valence electrons. The fraction of sp³-hybridized carbons (Fsp3) is 0.189. The molecule has 0 N–H and O–H groups in total. The van der Waals surface area contributed by atoms with E-state index < -0.39 is 5.60 Å². The Labute approximate surface area is 240 Å². The molecule has 0 spiro atoms. The maximum Gasteiger partial charge on any atom is 0.178 e. The number of hydrogen-bond donors (Lipinski definition) is 0. The molecule has 0 fully saturated rings. The first-order chi connectivity index (χ1) is 19.9. The third-order valence-corrected chi connectivity index (χ3v) is 8.77. The summed E-state index contributed by atoms with van der Waals surface area (Å²) in [5.41, 5.74) is 7.06. The molecule has 0 aromatic heterocycles. The monoisotopic (exact) mass is 540 g/mol. The SMILES string of the molecule is COc1ccc(C2(c3ccccc3)C=Cc3c4c(c5ccc(OC)cc5c3O2)C(C)(C)c2cc(OC)ccc2-4)cc1. The molecule has 7 rings (SSSR count). The standard InChI is InChI=1S/C37H32O4/c1-36(2)32-22-27(40-5)16-18-29(32)33-30-19-20-37(23-9-7-6-8-10-23,24-11-13-25(38-3)14-12-24)41-35(30)31-21-26(39-4)15-17-28(31)34(33)36/h6-22H,1-5H3. The number of hydrogen-bond acceptors (Lipinski definition) is 4. The second-order valence-corrected chi connectivity index (χ2v) is 11.2. The average molecular weight is 541 g/mol. The van der Waals surface area contributed by atoms with Gasteiger partial charge in [0.25, 0.3) is 0 Å². The molecule has 0 saturated heterocycles. The van der Waals surface area contributed by atoms with Crippen molar-refractivity contribution in [1.82, 2.24) is 0 Å². The van der Waals surface area contributed by atoms with Crippen LogP contribution in [0.3, 0.4) is 0 Å². The third kappa shape index (κ3) is 3.60. The van der Waals surface area contributed by atoms with Gasteiger partial charge < -0.3 is 18.9 Å². The van der Waals surface area contributed by atoms with Gasteiger partial charge in [-0.15, -0.1) is 0 Å². The summed E-state index contributed by atoms with van der Waals surface area (Å²) in [7, 11) is 5.11. The van der Waals surface area contributed by atoms with Crippen LogP contribution in [0.25, 0.3) is 28.0 Å². The fourth-order valence-electron chi connectivity index (χ4n) is 6.70. The van der Waals surface area contributed by atoms with Crippen molar-refractivity contribution in [3.8, 4) is 34.1 Å². The summed E-state index contributed by atoms with van der Waals surface area (Å²) in [5, 5.41) is 2.19. The Bertz CT molecular complexity index is 1830. The molecule has 0 saturated carbocycles. The van der Waals surface area contributed by atoms with Crippen LogP contribution in [0.2, 0.25) is 0 Å². The van der Waals surface area contributed by atoms with E-state index in [1.165, 1.54) is 22.3 Å². The van der Waals surface area contributed by atoms with Crippen LogP contribution in [0.1, 0.15) is 41.7 Å². The summed E-state index contributed by atoms with van der Waals surface area (Å²) in [4.78, 5) is 0. The van der Waals surface area contributed by atoms with E-state index >= 15 is 0 Å². The van der Waals surface area contributed by atoms with Gasteiger partial charge in [0.05, 0.1) is 21.3 Å². The Hall–Kier alpha value is -4.70. The van der Waals surface area contributed by atoms with Crippen LogP contribution in [0.4, 0.5) is 0 Å². The minimum Gasteiger partial charge on any atom is -0.497 e. The molecule has 5 aromatic rings. The topological polar surface area (TPSA) is 36.9 Å². The van der Waals surface area contributed by atoms with Gasteiger partial charge in [0.2, 0.25) is 0 Å². The number of ether oxygens (including phenoxy) is 4. The number of methoxy groups -OCH3 is 3. The molecule has 0 radical (unpaired) electrons. The Morgan fingerprint density at radius 1 is 0.634 bits per heavy atom. The summed E-state index contributed by atoms with van der Waals surface area (Å²) >= 11 is 0. The smallest absolute Gasteiger partial charge is 0.178 e. The van der Waals surface area contributed by atoms with Gasteiger partial charge in [-0.3, -0.25) is 0 Å². The first kappa shape index (κ1) is 25.3. The van der Waals surface area contributed by atoms with Crippen LogP contribution < -0.4 is 18.9 Å². The van der Waals surface area contributed by atoms with Crippen molar-refractivity contribution < 1.29 is 18.9 Å². The summed E-state index contributed by atoms with van der Waals surface area (Å²) in [6.45, 7) is 4.60. The molecule has 5 aromatic carbocycles. The maximum atomic E-state index is 7.32. The van der Waals surface area contributed by atoms with Gasteiger partial charge in [-0.1, -0.05) is 68.4 Å². The van der Waals surface area contributed by atoms with Crippen molar-refractivity contribution >= 4 is 16.8 Å². The van der Waals surface area contributed by atoms with Gasteiger partial charge in [-0.2, -0.15) is 0 Å². The minimum atomic E-state index is -0.832. The molecule has 1 aliphatic carbocycles. The Morgan fingerprint density at radius 3 is 1.98 bits per heavy atom. The lowest BCUT2D eigenvalue weighted by atomic mass is 9.78. The summed E-state index contributed by atoms with van der Waals surface area (Å²) < 4.78 is 24.2. The highest BCUT2D eigenvalue weighted by atomic mass is 16.5. The fourth-order valence-corrected chi connectivity index (χ4v) is 6.70. The van der Waals surface area contributed by atoms with Gasteiger partial charge in [0.1, 0.15) is 23.0 Å². The molecule has 0 bridgehead atoms. The Kier molecular flexibility index (Phi) is 5.65. The molecule has 0 amide bonds. The zero-order chi connectivity index (χ0) is 28.4. The van der Waals surface area contributed by atoms with Crippen LogP contribution in [0.15, 0.2) is 97.1 Å². The van der Waals surface area contributed by atoms with E-state index in [4.69, 9.17) is 18.9 Å². The van der Waals surface area contributed by atoms with Crippen molar-refractivity contribution in [1.29, 1.82) is 0 Å². The quantitative estimate of drug-likeness (QED) is 0.224. The first-order valence-electron chi connectivity index (χ1n) is 13.9. The summed E-state index contributed by atoms with van der Waals surface area (Å²) in [5.74, 6) is 3.31. The molecule has 2 aliphatic rings. The molecule has 1 aliphatic heterocycles. The van der Waals surface area contributed by atoms with Gasteiger partial charge in [-0.25, -0.2) is 0 Å². The van der Waals surface area contributed by atoms with E-state index in [9.17, 15) is 0 Å². The van der Waals surface area contributed by atoms with E-state index in [1.54, 1.807) is 21.3 Å². The van der Waals surface area contributed by atoms with Crippen molar-refractivity contribution in [2.45, 2.75) is 24.9 Å². The highest BCUT2D eigenvalue weighted by Gasteiger charge is 2.44. The minimum absolute atomic E-state index is 0.237. The Morgan fingerprint density at radius 2 is 1.27 bits per heavy atom. The second-order valence-electron chi connectivity index (χ2n) is 11.2. The number of benzene rings is 5. The Balaban J connectivity index is 1.56. The van der Waals surface area contributed by atoms with Gasteiger partial charge in [0.15, 0.2) is 5.60 Å². The van der Waals surface area contributed by atoms with Gasteiger partial charge >= 0.3 is 0 Å². The lowest BCUT2D eigenvalue weighted by Gasteiger charge is -2.38. The highest BCUT2D eigenvalue weighted by Crippen LogP contribution is 2.58. The zero-order valence-electron chi connectivity index (χ0n) is 23.9. The molecule has 1 heterocycles. The van der Waals surface area contributed by atoms with Crippen molar-refractivity contribution in [3.05, 3.63) is 125 Å². The lowest BCUT2D eigenvalue weighted by Crippen LogP contribution is -2.34. The number of rotatable bonds is 5. The average Bonchev–Trinajstić information content (AvgIpc) is 3.27. The van der Waals surface area contributed by atoms with Crippen LogP contribution in [0, 0.1) is 0 Å². The third-order valence-electron chi connectivity index (χ3n) is 8.77. The second kappa shape index (κ2) is 9.17. The van der Waals surface area contributed by atoms with E-state index in [2.05, 4.69) is 86.7 Å². The van der Waals surface area contributed by atoms with Gasteiger partial charge in [-0.05, 0) is 76.2 Å². The predicted octanol–water partition coefficient (Wildman–Crippen LogP) is 8.52. The molecular weight excluding hydrogens is 508 g/mol. The van der Waals surface area contributed by atoms with Crippen molar-refractivity contribution in [3.63, 3.8) is 0 Å². The van der Waals surface area contributed by atoms with Crippen molar-refractivity contribution in [2.24, 2.45) is 0 Å². The molecule has 41 heavy (non-hydrogen) atoms. The lowest BCUT2D eigenvalue weighted by molar-refractivity contribution is 0.163. The highest BCUT2D eigenvalue weighted by molar-refractivity contribution is 6.06. The van der Waals surface area contributed by atoms with Crippen LogP contribution >= 0.6 is 0 Å². The number of fused-ring (bicyclic) bond motifs is 8. The summed E-state index contributed by atoms with van der Waals surface area (Å²) in [6, 6.07) is 31.3. The first-order valence-corrected chi connectivity index (χ1v) is 13.9. The molecule has 4 heteroatoms. The summed E-state index contributed by atoms with van der Waals surface area (Å²) in [6.07, 6.45) is 4.45. The van der Waals surface area contributed by atoms with Gasteiger partial charge in [0, 0.05) is 27.5 Å². The normalized spacial score (nSPS) is 17.8.